The van der Waals surface area contributed by atoms with Crippen LogP contribution in [0.4, 0.5) is 0 Å². The van der Waals surface area contributed by atoms with Crippen LogP contribution in [0.25, 0.3) is 0 Å². The first kappa shape index (κ1) is 16.8. The Morgan fingerprint density at radius 2 is 1.67 bits per heavy atom. The Labute approximate surface area is 143 Å². The molecule has 4 atom stereocenters. The number of alkyl halides is 4. The topological polar surface area (TPSA) is 18.5 Å². The minimum atomic E-state index is -4.51. The van der Waals surface area contributed by atoms with Gasteiger partial charge < -0.3 is 0 Å². The SMILES string of the molecule is CC1(Cl)C(Cl)=CC2(Cl)OP(Cl)(Cl)(Cl)OC2(Cl)C1Cl. The molecule has 0 radical (unpaired) electrons. The summed E-state index contributed by atoms with van der Waals surface area (Å²) in [6, 6.07) is 0. The van der Waals surface area contributed by atoms with Crippen molar-refractivity contribution in [1.29, 1.82) is 0 Å². The van der Waals surface area contributed by atoms with Gasteiger partial charge in [0.2, 0.25) is 0 Å². The van der Waals surface area contributed by atoms with Gasteiger partial charge in [-0.05, 0) is 0 Å². The molecule has 0 amide bonds. The van der Waals surface area contributed by atoms with E-state index in [2.05, 4.69) is 0 Å². The van der Waals surface area contributed by atoms with Crippen LogP contribution in [0.5, 0.6) is 0 Å². The second-order valence-corrected chi connectivity index (χ2v) is 15.6. The molecule has 0 aromatic rings. The number of allylic oxidation sites excluding steroid dienone is 1. The van der Waals surface area contributed by atoms with Crippen LogP contribution in [0.1, 0.15) is 6.92 Å². The average molecular weight is 436 g/mol. The molecule has 0 spiro atoms. The number of halogens is 8. The normalized spacial score (nSPS) is 56.2. The molecular weight excluding hydrogens is 431 g/mol. The van der Waals surface area contributed by atoms with Gasteiger partial charge in [-0.1, -0.05) is 0 Å². The first-order chi connectivity index (χ1) is 7.71. The summed E-state index contributed by atoms with van der Waals surface area (Å²) >= 11 is 48.4. The molecule has 18 heavy (non-hydrogen) atoms. The van der Waals surface area contributed by atoms with E-state index in [9.17, 15) is 0 Å². The van der Waals surface area contributed by atoms with Crippen molar-refractivity contribution in [2.75, 3.05) is 0 Å². The molecule has 1 fully saturated rings. The first-order valence-corrected chi connectivity index (χ1v) is 11.1. The van der Waals surface area contributed by atoms with E-state index in [-0.39, 0.29) is 5.03 Å². The van der Waals surface area contributed by atoms with Gasteiger partial charge >= 0.3 is 144 Å². The minimum absolute atomic E-state index is 0.123. The van der Waals surface area contributed by atoms with Crippen LogP contribution < -0.4 is 0 Å². The molecule has 2 aliphatic rings. The molecule has 2 rings (SSSR count). The van der Waals surface area contributed by atoms with Gasteiger partial charge in [0.15, 0.2) is 0 Å². The second kappa shape index (κ2) is 4.24. The van der Waals surface area contributed by atoms with E-state index in [0.29, 0.717) is 0 Å². The molecule has 1 saturated heterocycles. The van der Waals surface area contributed by atoms with Crippen LogP contribution in [0.15, 0.2) is 11.1 Å². The van der Waals surface area contributed by atoms with Crippen LogP contribution >= 0.6 is 96.8 Å². The summed E-state index contributed by atoms with van der Waals surface area (Å²) in [4.78, 5) is -1.24. The monoisotopic (exact) mass is 432 g/mol. The van der Waals surface area contributed by atoms with Crippen molar-refractivity contribution < 1.29 is 9.05 Å². The van der Waals surface area contributed by atoms with Crippen molar-refractivity contribution >= 4 is 96.8 Å². The quantitative estimate of drug-likeness (QED) is 0.320. The van der Waals surface area contributed by atoms with E-state index >= 15 is 0 Å². The summed E-state index contributed by atoms with van der Waals surface area (Å²) in [6.07, 6.45) is 1.23. The van der Waals surface area contributed by atoms with Crippen molar-refractivity contribution in [2.45, 2.75) is 27.3 Å². The number of hydrogen-bond acceptors (Lipinski definition) is 2. The van der Waals surface area contributed by atoms with Crippen molar-refractivity contribution in [2.24, 2.45) is 0 Å². The number of rotatable bonds is 0. The summed E-state index contributed by atoms with van der Waals surface area (Å²) in [7, 11) is 0. The molecule has 4 unspecified atom stereocenters. The van der Waals surface area contributed by atoms with E-state index in [4.69, 9.17) is 101 Å². The molecular formula is C7H5Cl8O2P. The zero-order valence-corrected chi connectivity index (χ0v) is 15.4. The average Bonchev–Trinajstić information content (AvgIpc) is 2.26. The maximum atomic E-state index is 6.27. The standard InChI is InChI=1S/C7H5Cl8O2P/c1-5(10)3(8)2-6(11)7(12,4(5)9)17-18(13,14,15)16-6/h2,4H,1H3. The van der Waals surface area contributed by atoms with E-state index in [1.54, 1.807) is 6.92 Å². The fourth-order valence-electron chi connectivity index (χ4n) is 1.67. The van der Waals surface area contributed by atoms with Gasteiger partial charge in [-0.25, -0.2) is 0 Å². The van der Waals surface area contributed by atoms with Gasteiger partial charge in [-0.3, -0.25) is 0 Å². The van der Waals surface area contributed by atoms with Crippen LogP contribution in [0.3, 0.4) is 0 Å². The van der Waals surface area contributed by atoms with Gasteiger partial charge in [0.25, 0.3) is 0 Å². The van der Waals surface area contributed by atoms with Gasteiger partial charge in [0.05, 0.1) is 0 Å². The van der Waals surface area contributed by atoms with Crippen LogP contribution in [-0.4, -0.2) is 20.4 Å². The third-order valence-corrected chi connectivity index (χ3v) is 8.32. The van der Waals surface area contributed by atoms with Gasteiger partial charge in [-0.15, -0.1) is 0 Å². The van der Waals surface area contributed by atoms with E-state index < -0.39 is 25.5 Å². The van der Waals surface area contributed by atoms with Crippen molar-refractivity contribution in [3.05, 3.63) is 11.1 Å². The molecule has 1 aliphatic carbocycles. The Balaban J connectivity index is 2.63. The van der Waals surface area contributed by atoms with Crippen LogP contribution in [-0.2, 0) is 9.05 Å². The van der Waals surface area contributed by atoms with Crippen LogP contribution in [0, 0.1) is 0 Å². The van der Waals surface area contributed by atoms with Crippen molar-refractivity contribution in [1.82, 2.24) is 0 Å². The summed E-state index contributed by atoms with van der Waals surface area (Å²) in [5, 5.41) is -9.15. The van der Waals surface area contributed by atoms with Crippen molar-refractivity contribution in [3.63, 3.8) is 0 Å². The Morgan fingerprint density at radius 1 is 1.17 bits per heavy atom. The summed E-state index contributed by atoms with van der Waals surface area (Å²) in [5.74, 6) is 0. The molecule has 0 bridgehead atoms. The van der Waals surface area contributed by atoms with Crippen LogP contribution in [0.2, 0.25) is 0 Å². The molecule has 1 heterocycles. The third-order valence-electron chi connectivity index (χ3n) is 2.59. The molecule has 0 N–H and O–H groups in total. The molecule has 1 aliphatic heterocycles. The van der Waals surface area contributed by atoms with E-state index in [1.807, 2.05) is 0 Å². The van der Waals surface area contributed by atoms with Gasteiger partial charge in [-0.2, -0.15) is 0 Å². The summed E-state index contributed by atoms with van der Waals surface area (Å²) in [6.45, 7) is 1.54. The van der Waals surface area contributed by atoms with E-state index in [0.717, 1.165) is 0 Å². The Hall–Kier alpha value is 2.41. The number of hydrogen-bond donors (Lipinski definition) is 0. The zero-order chi connectivity index (χ0) is 14.2. The Kier molecular flexibility index (Phi) is 3.95. The second-order valence-electron chi connectivity index (χ2n) is 4.08. The van der Waals surface area contributed by atoms with E-state index in [1.165, 1.54) is 6.08 Å². The van der Waals surface area contributed by atoms with Gasteiger partial charge in [0.1, 0.15) is 0 Å². The maximum absolute atomic E-state index is 6.27. The fraction of sp³-hybridized carbons (Fsp3) is 0.714. The first-order valence-electron chi connectivity index (χ1n) is 4.41. The Bertz CT molecular complexity index is 444. The molecule has 0 aromatic carbocycles. The third kappa shape index (κ3) is 2.38. The zero-order valence-electron chi connectivity index (χ0n) is 8.44. The molecule has 2 nitrogen and oxygen atoms in total. The predicted molar refractivity (Wildman–Crippen MR) is 81.7 cm³/mol. The number of fused-ring (bicyclic) bond motifs is 1. The van der Waals surface area contributed by atoms with Crippen molar-refractivity contribution in [3.8, 4) is 0 Å². The Morgan fingerprint density at radius 3 is 2.17 bits per heavy atom. The predicted octanol–water partition coefficient (Wildman–Crippen LogP) is 6.49. The fourth-order valence-corrected chi connectivity index (χ4v) is 8.10. The molecule has 0 saturated carbocycles. The molecule has 11 heteroatoms. The summed E-state index contributed by atoms with van der Waals surface area (Å²) < 4.78 is 10.4. The molecule has 106 valence electrons. The molecule has 0 aromatic heterocycles. The van der Waals surface area contributed by atoms with Gasteiger partial charge in [0, 0.05) is 0 Å². The summed E-state index contributed by atoms with van der Waals surface area (Å²) in [5.41, 5.74) is 0.